The standard InChI is InChI=1S/C17H25F2N/c1-3-11-20-17(13-9-7-12(2)8-10-13)14-5-4-6-15(18)16(14)19/h4-6,12-13,17,20H,3,7-11H2,1-2H3. The second-order valence-corrected chi connectivity index (χ2v) is 6.09. The van der Waals surface area contributed by atoms with Crippen LogP contribution in [0.25, 0.3) is 0 Å². The number of halogens is 2. The molecule has 112 valence electrons. The Morgan fingerprint density at radius 3 is 2.55 bits per heavy atom. The second kappa shape index (κ2) is 7.16. The maximum Gasteiger partial charge on any atom is 0.163 e. The number of benzene rings is 1. The molecule has 20 heavy (non-hydrogen) atoms. The summed E-state index contributed by atoms with van der Waals surface area (Å²) < 4.78 is 27.6. The highest BCUT2D eigenvalue weighted by Gasteiger charge is 2.29. The van der Waals surface area contributed by atoms with Crippen LogP contribution in [-0.2, 0) is 0 Å². The summed E-state index contributed by atoms with van der Waals surface area (Å²) in [6.45, 7) is 5.20. The third-order valence-corrected chi connectivity index (χ3v) is 4.46. The van der Waals surface area contributed by atoms with Gasteiger partial charge in [-0.2, -0.15) is 0 Å². The van der Waals surface area contributed by atoms with Crippen LogP contribution in [0.1, 0.15) is 57.6 Å². The molecule has 0 radical (unpaired) electrons. The maximum atomic E-state index is 14.1. The molecule has 0 saturated heterocycles. The first-order chi connectivity index (χ1) is 9.63. The van der Waals surface area contributed by atoms with Crippen molar-refractivity contribution in [1.29, 1.82) is 0 Å². The minimum Gasteiger partial charge on any atom is -0.310 e. The van der Waals surface area contributed by atoms with Crippen LogP contribution in [0.4, 0.5) is 8.78 Å². The normalized spacial score (nSPS) is 24.6. The Balaban J connectivity index is 2.20. The molecule has 0 aromatic heterocycles. The zero-order chi connectivity index (χ0) is 14.5. The molecule has 0 aliphatic heterocycles. The third kappa shape index (κ3) is 3.57. The minimum atomic E-state index is -0.741. The van der Waals surface area contributed by atoms with Gasteiger partial charge in [-0.1, -0.05) is 38.8 Å². The lowest BCUT2D eigenvalue weighted by atomic mass is 9.77. The highest BCUT2D eigenvalue weighted by Crippen LogP contribution is 2.37. The summed E-state index contributed by atoms with van der Waals surface area (Å²) in [5.74, 6) is -0.251. The highest BCUT2D eigenvalue weighted by molar-refractivity contribution is 5.23. The fraction of sp³-hybridized carbons (Fsp3) is 0.647. The summed E-state index contributed by atoms with van der Waals surface area (Å²) in [5.41, 5.74) is 0.498. The molecule has 1 atom stereocenters. The molecule has 1 aliphatic rings. The average Bonchev–Trinajstić information content (AvgIpc) is 2.45. The number of rotatable bonds is 5. The molecule has 3 heteroatoms. The molecule has 1 unspecified atom stereocenters. The first-order valence-corrected chi connectivity index (χ1v) is 7.80. The van der Waals surface area contributed by atoms with Crippen molar-refractivity contribution in [2.45, 2.75) is 52.0 Å². The quantitative estimate of drug-likeness (QED) is 0.815. The zero-order valence-electron chi connectivity index (χ0n) is 12.5. The molecule has 1 fully saturated rings. The lowest BCUT2D eigenvalue weighted by molar-refractivity contribution is 0.227. The Bertz CT molecular complexity index is 425. The van der Waals surface area contributed by atoms with E-state index in [9.17, 15) is 8.78 Å². The Hall–Kier alpha value is -0.960. The van der Waals surface area contributed by atoms with Crippen LogP contribution in [0.15, 0.2) is 18.2 Å². The van der Waals surface area contributed by atoms with Gasteiger partial charge in [0.1, 0.15) is 0 Å². The fourth-order valence-electron chi connectivity index (χ4n) is 3.21. The Morgan fingerprint density at radius 2 is 1.90 bits per heavy atom. The number of nitrogens with one attached hydrogen (secondary N) is 1. The molecule has 1 nitrogen and oxygen atoms in total. The predicted molar refractivity (Wildman–Crippen MR) is 78.5 cm³/mol. The van der Waals surface area contributed by atoms with Crippen molar-refractivity contribution in [3.05, 3.63) is 35.4 Å². The van der Waals surface area contributed by atoms with Gasteiger partial charge in [-0.15, -0.1) is 0 Å². The van der Waals surface area contributed by atoms with Gasteiger partial charge in [0.25, 0.3) is 0 Å². The summed E-state index contributed by atoms with van der Waals surface area (Å²) in [5, 5.41) is 3.43. The molecule has 0 bridgehead atoms. The van der Waals surface area contributed by atoms with E-state index in [0.717, 1.165) is 31.7 Å². The van der Waals surface area contributed by atoms with Crippen molar-refractivity contribution in [3.8, 4) is 0 Å². The van der Waals surface area contributed by atoms with Crippen LogP contribution < -0.4 is 5.32 Å². The van der Waals surface area contributed by atoms with Crippen molar-refractivity contribution in [2.24, 2.45) is 11.8 Å². The Kier molecular flexibility index (Phi) is 5.53. The van der Waals surface area contributed by atoms with Gasteiger partial charge in [0.2, 0.25) is 0 Å². The summed E-state index contributed by atoms with van der Waals surface area (Å²) in [6.07, 6.45) is 5.56. The van der Waals surface area contributed by atoms with Gasteiger partial charge in [-0.3, -0.25) is 0 Å². The monoisotopic (exact) mass is 281 g/mol. The maximum absolute atomic E-state index is 14.1. The highest BCUT2D eigenvalue weighted by atomic mass is 19.2. The third-order valence-electron chi connectivity index (χ3n) is 4.46. The van der Waals surface area contributed by atoms with E-state index >= 15 is 0 Å². The van der Waals surface area contributed by atoms with E-state index in [4.69, 9.17) is 0 Å². The molecule has 1 aromatic rings. The van der Waals surface area contributed by atoms with Gasteiger partial charge in [0.05, 0.1) is 0 Å². The van der Waals surface area contributed by atoms with Gasteiger partial charge < -0.3 is 5.32 Å². The predicted octanol–water partition coefficient (Wildman–Crippen LogP) is 4.83. The molecular weight excluding hydrogens is 256 g/mol. The van der Waals surface area contributed by atoms with Crippen LogP contribution in [0.3, 0.4) is 0 Å². The van der Waals surface area contributed by atoms with Crippen LogP contribution in [0, 0.1) is 23.5 Å². The fourth-order valence-corrected chi connectivity index (χ4v) is 3.21. The number of hydrogen-bond donors (Lipinski definition) is 1. The van der Waals surface area contributed by atoms with Crippen molar-refractivity contribution >= 4 is 0 Å². The van der Waals surface area contributed by atoms with Gasteiger partial charge in [0, 0.05) is 11.6 Å². The van der Waals surface area contributed by atoms with E-state index in [1.54, 1.807) is 12.1 Å². The van der Waals surface area contributed by atoms with Crippen molar-refractivity contribution in [1.82, 2.24) is 5.32 Å². The van der Waals surface area contributed by atoms with Gasteiger partial charge >= 0.3 is 0 Å². The van der Waals surface area contributed by atoms with Crippen LogP contribution >= 0.6 is 0 Å². The summed E-state index contributed by atoms with van der Waals surface area (Å²) in [4.78, 5) is 0. The van der Waals surface area contributed by atoms with E-state index < -0.39 is 11.6 Å². The lowest BCUT2D eigenvalue weighted by Gasteiger charge is -2.34. The summed E-state index contributed by atoms with van der Waals surface area (Å²) >= 11 is 0. The Labute approximate surface area is 120 Å². The SMILES string of the molecule is CCCNC(c1cccc(F)c1F)C1CCC(C)CC1. The van der Waals surface area contributed by atoms with E-state index in [0.29, 0.717) is 11.5 Å². The smallest absolute Gasteiger partial charge is 0.163 e. The van der Waals surface area contributed by atoms with E-state index in [-0.39, 0.29) is 6.04 Å². The average molecular weight is 281 g/mol. The Morgan fingerprint density at radius 1 is 1.20 bits per heavy atom. The molecular formula is C17H25F2N. The van der Waals surface area contributed by atoms with Crippen LogP contribution in [0.2, 0.25) is 0 Å². The summed E-state index contributed by atoms with van der Waals surface area (Å²) in [6, 6.07) is 4.47. The molecule has 1 aliphatic carbocycles. The molecule has 2 rings (SSSR count). The largest absolute Gasteiger partial charge is 0.310 e. The van der Waals surface area contributed by atoms with Crippen molar-refractivity contribution in [2.75, 3.05) is 6.54 Å². The van der Waals surface area contributed by atoms with Crippen LogP contribution in [0.5, 0.6) is 0 Å². The van der Waals surface area contributed by atoms with E-state index in [2.05, 4.69) is 19.2 Å². The molecule has 1 saturated carbocycles. The summed E-state index contributed by atoms with van der Waals surface area (Å²) in [7, 11) is 0. The minimum absolute atomic E-state index is 0.0573. The zero-order valence-corrected chi connectivity index (χ0v) is 12.5. The van der Waals surface area contributed by atoms with Crippen molar-refractivity contribution in [3.63, 3.8) is 0 Å². The first-order valence-electron chi connectivity index (χ1n) is 7.80. The molecule has 0 spiro atoms. The van der Waals surface area contributed by atoms with E-state index in [1.807, 2.05) is 0 Å². The van der Waals surface area contributed by atoms with Gasteiger partial charge in [-0.05, 0) is 43.7 Å². The molecule has 1 N–H and O–H groups in total. The lowest BCUT2D eigenvalue weighted by Crippen LogP contribution is -2.32. The van der Waals surface area contributed by atoms with Crippen LogP contribution in [-0.4, -0.2) is 6.54 Å². The molecule has 1 aromatic carbocycles. The second-order valence-electron chi connectivity index (χ2n) is 6.09. The van der Waals surface area contributed by atoms with Gasteiger partial charge in [0.15, 0.2) is 11.6 Å². The van der Waals surface area contributed by atoms with Gasteiger partial charge in [-0.25, -0.2) is 8.78 Å². The molecule has 0 amide bonds. The van der Waals surface area contributed by atoms with Crippen molar-refractivity contribution < 1.29 is 8.78 Å². The first kappa shape index (κ1) is 15.4. The molecule has 0 heterocycles. The number of hydrogen-bond acceptors (Lipinski definition) is 1. The topological polar surface area (TPSA) is 12.0 Å². The van der Waals surface area contributed by atoms with E-state index in [1.165, 1.54) is 18.9 Å².